The summed E-state index contributed by atoms with van der Waals surface area (Å²) in [6.45, 7) is 4.59. The van der Waals surface area contributed by atoms with Crippen LogP contribution in [0.1, 0.15) is 26.7 Å². The highest BCUT2D eigenvalue weighted by Gasteiger charge is 2.32. The van der Waals surface area contributed by atoms with Crippen LogP contribution in [0, 0.1) is 0 Å². The maximum atomic E-state index is 12.5. The van der Waals surface area contributed by atoms with Crippen molar-refractivity contribution >= 4 is 23.2 Å². The molecule has 6 heteroatoms. The number of nitrogens with one attached hydrogen (secondary N) is 2. The maximum absolute atomic E-state index is 12.5. The highest BCUT2D eigenvalue weighted by atomic mass is 16.5. The monoisotopic (exact) mass is 305 g/mol. The Morgan fingerprint density at radius 1 is 1.41 bits per heavy atom. The van der Waals surface area contributed by atoms with E-state index < -0.39 is 0 Å². The molecule has 1 atom stereocenters. The number of carbonyl (C=O) groups excluding carboxylic acids is 2. The molecule has 2 N–H and O–H groups in total. The molecule has 0 saturated carbocycles. The van der Waals surface area contributed by atoms with Crippen LogP contribution in [-0.2, 0) is 9.59 Å². The minimum Gasteiger partial charge on any atom is -0.497 e. The Balaban J connectivity index is 2.27. The van der Waals surface area contributed by atoms with Gasteiger partial charge < -0.3 is 15.4 Å². The first-order valence-corrected chi connectivity index (χ1v) is 7.63. The number of anilines is 2. The van der Waals surface area contributed by atoms with Gasteiger partial charge in [-0.1, -0.05) is 13.8 Å². The van der Waals surface area contributed by atoms with E-state index in [2.05, 4.69) is 10.6 Å². The van der Waals surface area contributed by atoms with E-state index in [1.54, 1.807) is 24.1 Å². The molecule has 1 aromatic carbocycles. The smallest absolute Gasteiger partial charge is 0.250 e. The molecule has 0 fully saturated rings. The Morgan fingerprint density at radius 3 is 2.82 bits per heavy atom. The van der Waals surface area contributed by atoms with Crippen molar-refractivity contribution in [1.29, 1.82) is 0 Å². The van der Waals surface area contributed by atoms with Crippen molar-refractivity contribution in [2.24, 2.45) is 0 Å². The molecule has 1 aliphatic heterocycles. The van der Waals surface area contributed by atoms with Gasteiger partial charge in [0.05, 0.1) is 18.5 Å². The van der Waals surface area contributed by atoms with Crippen LogP contribution in [0.3, 0.4) is 0 Å². The first-order valence-electron chi connectivity index (χ1n) is 7.63. The SMILES string of the molecule is CCCNC(=O)CN1C(=O)C(CC)Nc2cc(OC)ccc21. The molecule has 120 valence electrons. The van der Waals surface area contributed by atoms with E-state index in [4.69, 9.17) is 4.74 Å². The summed E-state index contributed by atoms with van der Waals surface area (Å²) in [4.78, 5) is 26.1. The second-order valence-corrected chi connectivity index (χ2v) is 5.26. The number of amides is 2. The molecule has 6 nitrogen and oxygen atoms in total. The van der Waals surface area contributed by atoms with Crippen LogP contribution in [0.2, 0.25) is 0 Å². The number of fused-ring (bicyclic) bond motifs is 1. The molecular formula is C16H23N3O3. The van der Waals surface area contributed by atoms with E-state index in [1.807, 2.05) is 19.9 Å². The fourth-order valence-electron chi connectivity index (χ4n) is 2.45. The summed E-state index contributed by atoms with van der Waals surface area (Å²) in [7, 11) is 1.60. The number of ether oxygens (including phenoxy) is 1. The summed E-state index contributed by atoms with van der Waals surface area (Å²) in [6.07, 6.45) is 1.52. The van der Waals surface area contributed by atoms with Crippen molar-refractivity contribution in [3.05, 3.63) is 18.2 Å². The molecule has 0 saturated heterocycles. The largest absolute Gasteiger partial charge is 0.497 e. The van der Waals surface area contributed by atoms with Gasteiger partial charge in [-0.15, -0.1) is 0 Å². The van der Waals surface area contributed by atoms with Gasteiger partial charge in [-0.2, -0.15) is 0 Å². The van der Waals surface area contributed by atoms with Gasteiger partial charge in [0.1, 0.15) is 18.3 Å². The van der Waals surface area contributed by atoms with Crippen molar-refractivity contribution in [1.82, 2.24) is 5.32 Å². The predicted octanol–water partition coefficient (Wildman–Crippen LogP) is 1.76. The maximum Gasteiger partial charge on any atom is 0.250 e. The molecular weight excluding hydrogens is 282 g/mol. The summed E-state index contributed by atoms with van der Waals surface area (Å²) in [6, 6.07) is 5.12. The van der Waals surface area contributed by atoms with Crippen molar-refractivity contribution in [3.8, 4) is 5.75 Å². The molecule has 0 spiro atoms. The molecule has 1 aliphatic rings. The second kappa shape index (κ2) is 7.15. The summed E-state index contributed by atoms with van der Waals surface area (Å²) >= 11 is 0. The molecule has 1 aromatic rings. The number of benzene rings is 1. The fourth-order valence-corrected chi connectivity index (χ4v) is 2.45. The van der Waals surface area contributed by atoms with Crippen LogP contribution in [0.5, 0.6) is 5.75 Å². The lowest BCUT2D eigenvalue weighted by atomic mass is 10.1. The molecule has 0 radical (unpaired) electrons. The first kappa shape index (κ1) is 16.1. The number of carbonyl (C=O) groups is 2. The topological polar surface area (TPSA) is 70.7 Å². The predicted molar refractivity (Wildman–Crippen MR) is 86.3 cm³/mol. The van der Waals surface area contributed by atoms with Gasteiger partial charge in [0.25, 0.3) is 0 Å². The van der Waals surface area contributed by atoms with Gasteiger partial charge in [-0.3, -0.25) is 14.5 Å². The van der Waals surface area contributed by atoms with Crippen molar-refractivity contribution in [2.45, 2.75) is 32.7 Å². The van der Waals surface area contributed by atoms with E-state index in [9.17, 15) is 9.59 Å². The standard InChI is InChI=1S/C16H23N3O3/c1-4-8-17-15(20)10-19-14-7-6-11(22-3)9-13(14)18-12(5-2)16(19)21/h6-7,9,12,18H,4-5,8,10H2,1-3H3,(H,17,20). The van der Waals surface area contributed by atoms with E-state index in [0.717, 1.165) is 12.1 Å². The van der Waals surface area contributed by atoms with E-state index >= 15 is 0 Å². The number of hydrogen-bond donors (Lipinski definition) is 2. The molecule has 22 heavy (non-hydrogen) atoms. The van der Waals surface area contributed by atoms with Gasteiger partial charge in [0.2, 0.25) is 11.8 Å². The number of rotatable bonds is 6. The van der Waals surface area contributed by atoms with E-state index in [-0.39, 0.29) is 24.4 Å². The molecule has 2 rings (SSSR count). The van der Waals surface area contributed by atoms with Gasteiger partial charge in [0.15, 0.2) is 0 Å². The Labute approximate surface area is 130 Å². The molecule has 2 amide bonds. The van der Waals surface area contributed by atoms with Crippen molar-refractivity contribution in [2.75, 3.05) is 30.4 Å². The Bertz CT molecular complexity index is 560. The minimum atomic E-state index is -0.321. The van der Waals surface area contributed by atoms with Gasteiger partial charge >= 0.3 is 0 Å². The number of methoxy groups -OCH3 is 1. The fraction of sp³-hybridized carbons (Fsp3) is 0.500. The molecule has 0 aromatic heterocycles. The van der Waals surface area contributed by atoms with Gasteiger partial charge in [-0.05, 0) is 25.0 Å². The number of hydrogen-bond acceptors (Lipinski definition) is 4. The van der Waals surface area contributed by atoms with E-state index in [0.29, 0.717) is 24.4 Å². The third kappa shape index (κ3) is 3.32. The van der Waals surface area contributed by atoms with Crippen LogP contribution < -0.4 is 20.3 Å². The Morgan fingerprint density at radius 2 is 2.18 bits per heavy atom. The summed E-state index contributed by atoms with van der Waals surface area (Å²) in [5.41, 5.74) is 1.52. The molecule has 0 bridgehead atoms. The third-order valence-electron chi connectivity index (χ3n) is 3.67. The van der Waals surface area contributed by atoms with Crippen LogP contribution in [-0.4, -0.2) is 38.1 Å². The highest BCUT2D eigenvalue weighted by molar-refractivity contribution is 6.08. The van der Waals surface area contributed by atoms with Gasteiger partial charge in [0, 0.05) is 12.6 Å². The second-order valence-electron chi connectivity index (χ2n) is 5.26. The lowest BCUT2D eigenvalue weighted by molar-refractivity contribution is -0.124. The lowest BCUT2D eigenvalue weighted by Gasteiger charge is -2.34. The summed E-state index contributed by atoms with van der Waals surface area (Å²) in [5, 5.41) is 6.02. The van der Waals surface area contributed by atoms with Crippen LogP contribution in [0.25, 0.3) is 0 Å². The van der Waals surface area contributed by atoms with Crippen LogP contribution in [0.4, 0.5) is 11.4 Å². The zero-order valence-corrected chi connectivity index (χ0v) is 13.3. The Kier molecular flexibility index (Phi) is 5.25. The number of nitrogens with zero attached hydrogens (tertiary/aromatic N) is 1. The quantitative estimate of drug-likeness (QED) is 0.840. The molecule has 1 heterocycles. The molecule has 1 unspecified atom stereocenters. The average molecular weight is 305 g/mol. The lowest BCUT2D eigenvalue weighted by Crippen LogP contribution is -2.50. The van der Waals surface area contributed by atoms with E-state index in [1.165, 1.54) is 0 Å². The normalized spacial score (nSPS) is 16.8. The minimum absolute atomic E-state index is 0.0380. The average Bonchev–Trinajstić information content (AvgIpc) is 2.54. The zero-order valence-electron chi connectivity index (χ0n) is 13.3. The van der Waals surface area contributed by atoms with Crippen molar-refractivity contribution < 1.29 is 14.3 Å². The summed E-state index contributed by atoms with van der Waals surface area (Å²) in [5.74, 6) is 0.492. The van der Waals surface area contributed by atoms with Gasteiger partial charge in [-0.25, -0.2) is 0 Å². The van der Waals surface area contributed by atoms with Crippen LogP contribution in [0.15, 0.2) is 18.2 Å². The third-order valence-corrected chi connectivity index (χ3v) is 3.67. The Hall–Kier alpha value is -2.24. The first-order chi connectivity index (χ1) is 10.6. The summed E-state index contributed by atoms with van der Waals surface area (Å²) < 4.78 is 5.22. The highest BCUT2D eigenvalue weighted by Crippen LogP contribution is 2.35. The van der Waals surface area contributed by atoms with Crippen molar-refractivity contribution in [3.63, 3.8) is 0 Å². The zero-order chi connectivity index (χ0) is 16.1. The molecule has 0 aliphatic carbocycles. The van der Waals surface area contributed by atoms with Crippen LogP contribution >= 0.6 is 0 Å².